The minimum Gasteiger partial charge on any atom is -0.466 e. The van der Waals surface area contributed by atoms with Gasteiger partial charge in [-0.15, -0.1) is 4.91 Å². The summed E-state index contributed by atoms with van der Waals surface area (Å²) in [5, 5.41) is 18.8. The summed E-state index contributed by atoms with van der Waals surface area (Å²) >= 11 is 0. The molecule has 11 heteroatoms. The van der Waals surface area contributed by atoms with Crippen LogP contribution in [0.1, 0.15) is 44.7 Å². The number of nitroso groups, excluding NO2 is 1. The normalized spacial score (nSPS) is 15.4. The number of hydrogen-bond acceptors (Lipinski definition) is 9. The SMILES string of the molecule is COC(=O)C1=C(C)NC(C)=C(C(=O)OC(C)(C)CN(Cc2ccccc2)N=O)C1c1cccc([N+](=O)[O-])c1. The number of dihydropyridines is 1. The van der Waals surface area contributed by atoms with Crippen LogP contribution in [-0.2, 0) is 25.6 Å². The molecule has 0 aliphatic carbocycles. The van der Waals surface area contributed by atoms with Crippen molar-refractivity contribution >= 4 is 17.6 Å². The molecule has 0 amide bonds. The third-order valence-electron chi connectivity index (χ3n) is 6.06. The number of nitro groups is 1. The first-order valence-corrected chi connectivity index (χ1v) is 11.8. The second kappa shape index (κ2) is 11.7. The van der Waals surface area contributed by atoms with Gasteiger partial charge in [0, 0.05) is 23.5 Å². The van der Waals surface area contributed by atoms with Crippen molar-refractivity contribution in [1.82, 2.24) is 10.3 Å². The van der Waals surface area contributed by atoms with Gasteiger partial charge in [-0.25, -0.2) is 9.59 Å². The number of rotatable bonds is 10. The van der Waals surface area contributed by atoms with Gasteiger partial charge in [-0.1, -0.05) is 42.5 Å². The molecule has 3 rings (SSSR count). The Labute approximate surface area is 220 Å². The maximum Gasteiger partial charge on any atom is 0.337 e. The molecule has 0 spiro atoms. The maximum atomic E-state index is 13.7. The third kappa shape index (κ3) is 6.41. The van der Waals surface area contributed by atoms with Gasteiger partial charge < -0.3 is 14.8 Å². The highest BCUT2D eigenvalue weighted by Gasteiger charge is 2.40. The Balaban J connectivity index is 1.95. The van der Waals surface area contributed by atoms with Crippen LogP contribution in [0.25, 0.3) is 0 Å². The highest BCUT2D eigenvalue weighted by atomic mass is 16.6. The van der Waals surface area contributed by atoms with E-state index in [1.807, 2.05) is 30.3 Å². The fourth-order valence-corrected chi connectivity index (χ4v) is 4.48. The fraction of sp³-hybridized carbons (Fsp3) is 0.333. The molecule has 200 valence electrons. The first-order valence-electron chi connectivity index (χ1n) is 11.8. The number of ether oxygens (including phenoxy) is 2. The second-order valence-corrected chi connectivity index (χ2v) is 9.52. The molecule has 0 fully saturated rings. The summed E-state index contributed by atoms with van der Waals surface area (Å²) in [7, 11) is 1.22. The van der Waals surface area contributed by atoms with Crippen LogP contribution >= 0.6 is 0 Å². The molecule has 1 unspecified atom stereocenters. The molecule has 1 aliphatic rings. The number of carbonyl (C=O) groups excluding carboxylic acids is 2. The minimum absolute atomic E-state index is 0.00289. The highest BCUT2D eigenvalue weighted by molar-refractivity contribution is 6.00. The average molecular weight is 523 g/mol. The van der Waals surface area contributed by atoms with Crippen molar-refractivity contribution in [2.45, 2.75) is 45.8 Å². The van der Waals surface area contributed by atoms with Crippen LogP contribution in [0.5, 0.6) is 0 Å². The van der Waals surface area contributed by atoms with Crippen molar-refractivity contribution in [3.63, 3.8) is 0 Å². The molecule has 1 atom stereocenters. The predicted molar refractivity (Wildman–Crippen MR) is 139 cm³/mol. The van der Waals surface area contributed by atoms with Gasteiger partial charge in [-0.2, -0.15) is 0 Å². The van der Waals surface area contributed by atoms with Gasteiger partial charge in [0.05, 0.1) is 47.5 Å². The van der Waals surface area contributed by atoms with Gasteiger partial charge in [-0.3, -0.25) is 15.1 Å². The summed E-state index contributed by atoms with van der Waals surface area (Å²) in [4.78, 5) is 48.9. The number of benzene rings is 2. The van der Waals surface area contributed by atoms with Gasteiger partial charge in [-0.05, 0) is 38.8 Å². The van der Waals surface area contributed by atoms with Crippen molar-refractivity contribution in [3.05, 3.63) is 103 Å². The first-order chi connectivity index (χ1) is 18.0. The third-order valence-corrected chi connectivity index (χ3v) is 6.06. The van der Waals surface area contributed by atoms with Crippen LogP contribution in [0, 0.1) is 15.0 Å². The Morgan fingerprint density at radius 2 is 1.68 bits per heavy atom. The summed E-state index contributed by atoms with van der Waals surface area (Å²) in [6.45, 7) is 6.82. The van der Waals surface area contributed by atoms with E-state index in [1.54, 1.807) is 33.8 Å². The number of nitrogens with one attached hydrogen (secondary N) is 1. The average Bonchev–Trinajstić information content (AvgIpc) is 2.87. The number of allylic oxidation sites excluding steroid dienone is 2. The summed E-state index contributed by atoms with van der Waals surface area (Å²) in [6, 6.07) is 15.0. The van der Waals surface area contributed by atoms with Gasteiger partial charge in [0.25, 0.3) is 5.69 Å². The van der Waals surface area contributed by atoms with Gasteiger partial charge in [0.1, 0.15) is 5.60 Å². The smallest absolute Gasteiger partial charge is 0.337 e. The van der Waals surface area contributed by atoms with E-state index in [-0.39, 0.29) is 29.9 Å². The lowest BCUT2D eigenvalue weighted by Gasteiger charge is -2.33. The number of esters is 2. The van der Waals surface area contributed by atoms with E-state index >= 15 is 0 Å². The lowest BCUT2D eigenvalue weighted by molar-refractivity contribution is -0.384. The van der Waals surface area contributed by atoms with Crippen molar-refractivity contribution in [1.29, 1.82) is 0 Å². The van der Waals surface area contributed by atoms with Crippen LogP contribution < -0.4 is 5.32 Å². The van der Waals surface area contributed by atoms with Gasteiger partial charge in [0.15, 0.2) is 0 Å². The molecular formula is C27H30N4O7. The van der Waals surface area contributed by atoms with E-state index in [9.17, 15) is 24.6 Å². The van der Waals surface area contributed by atoms with Gasteiger partial charge >= 0.3 is 11.9 Å². The van der Waals surface area contributed by atoms with Crippen LogP contribution in [-0.4, -0.2) is 41.1 Å². The molecule has 2 aromatic rings. The second-order valence-electron chi connectivity index (χ2n) is 9.52. The molecule has 38 heavy (non-hydrogen) atoms. The molecule has 0 bridgehead atoms. The Bertz CT molecular complexity index is 1300. The zero-order valence-corrected chi connectivity index (χ0v) is 21.9. The Morgan fingerprint density at radius 3 is 2.26 bits per heavy atom. The highest BCUT2D eigenvalue weighted by Crippen LogP contribution is 2.40. The Hall–Kier alpha value is -4.54. The number of methoxy groups -OCH3 is 1. The van der Waals surface area contributed by atoms with E-state index in [1.165, 1.54) is 30.3 Å². The summed E-state index contributed by atoms with van der Waals surface area (Å²) in [5.41, 5.74) is 0.942. The van der Waals surface area contributed by atoms with Crippen LogP contribution in [0.15, 0.2) is 82.4 Å². The molecule has 0 saturated carbocycles. The van der Waals surface area contributed by atoms with E-state index < -0.39 is 28.4 Å². The lowest BCUT2D eigenvalue weighted by atomic mass is 9.80. The predicted octanol–water partition coefficient (Wildman–Crippen LogP) is 4.51. The Morgan fingerprint density at radius 1 is 1.05 bits per heavy atom. The molecule has 1 aliphatic heterocycles. The number of non-ortho nitro benzene ring substituents is 1. The molecule has 0 saturated heterocycles. The number of nitrogens with zero attached hydrogens (tertiary/aromatic N) is 3. The van der Waals surface area contributed by atoms with Crippen LogP contribution in [0.2, 0.25) is 0 Å². The summed E-state index contributed by atoms with van der Waals surface area (Å²) in [5.74, 6) is -2.43. The largest absolute Gasteiger partial charge is 0.466 e. The number of hydrogen-bond donors (Lipinski definition) is 1. The van der Waals surface area contributed by atoms with Crippen molar-refractivity contribution < 1.29 is 24.0 Å². The van der Waals surface area contributed by atoms with Gasteiger partial charge in [0.2, 0.25) is 0 Å². The van der Waals surface area contributed by atoms with Crippen molar-refractivity contribution in [2.24, 2.45) is 5.29 Å². The van der Waals surface area contributed by atoms with Crippen molar-refractivity contribution in [2.75, 3.05) is 13.7 Å². The van der Waals surface area contributed by atoms with Crippen molar-refractivity contribution in [3.8, 4) is 0 Å². The van der Waals surface area contributed by atoms with E-state index in [4.69, 9.17) is 9.47 Å². The maximum absolute atomic E-state index is 13.7. The van der Waals surface area contributed by atoms with E-state index in [0.29, 0.717) is 17.0 Å². The van der Waals surface area contributed by atoms with E-state index in [0.717, 1.165) is 5.56 Å². The molecule has 0 radical (unpaired) electrons. The fourth-order valence-electron chi connectivity index (χ4n) is 4.48. The zero-order chi connectivity index (χ0) is 28.0. The number of carbonyl (C=O) groups is 2. The minimum atomic E-state index is -1.16. The molecule has 1 N–H and O–H groups in total. The molecule has 11 nitrogen and oxygen atoms in total. The first kappa shape index (κ1) is 28.0. The summed E-state index contributed by atoms with van der Waals surface area (Å²) < 4.78 is 10.8. The molecule has 0 aromatic heterocycles. The topological polar surface area (TPSA) is 140 Å². The Kier molecular flexibility index (Phi) is 8.61. The van der Waals surface area contributed by atoms with Crippen LogP contribution in [0.4, 0.5) is 5.69 Å². The molecule has 2 aromatic carbocycles. The lowest BCUT2D eigenvalue weighted by Crippen LogP contribution is -2.41. The number of nitro benzene ring substituents is 1. The molecular weight excluding hydrogens is 492 g/mol. The van der Waals surface area contributed by atoms with E-state index in [2.05, 4.69) is 10.6 Å². The molecule has 1 heterocycles. The van der Waals surface area contributed by atoms with Crippen LogP contribution in [0.3, 0.4) is 0 Å². The standard InChI is InChI=1S/C27H30N4O7/c1-17-22(25(32)37-5)24(20-12-9-13-21(14-20)31(35)36)23(18(2)28-17)26(33)38-27(3,4)16-30(29-34)15-19-10-7-6-8-11-19/h6-14,24,28H,15-16H2,1-5H3. The quantitative estimate of drug-likeness (QED) is 0.206. The zero-order valence-electron chi connectivity index (χ0n) is 21.9. The summed E-state index contributed by atoms with van der Waals surface area (Å²) in [6.07, 6.45) is 0. The monoisotopic (exact) mass is 522 g/mol.